The van der Waals surface area contributed by atoms with Crippen molar-refractivity contribution in [2.24, 2.45) is 0 Å². The summed E-state index contributed by atoms with van der Waals surface area (Å²) in [7, 11) is 0. The molecular weight excluding hydrogens is 372 g/mol. The Bertz CT molecular complexity index is 1280. The molecule has 0 spiro atoms. The monoisotopic (exact) mass is 390 g/mol. The first kappa shape index (κ1) is 17.7. The van der Waals surface area contributed by atoms with Crippen LogP contribution in [0.5, 0.6) is 0 Å². The zero-order valence-electron chi connectivity index (χ0n) is 15.8. The molecule has 138 valence electrons. The summed E-state index contributed by atoms with van der Waals surface area (Å²) in [5, 5.41) is 3.27. The molecule has 5 aromatic carbocycles. The van der Waals surface area contributed by atoms with Crippen molar-refractivity contribution in [1.29, 1.82) is 0 Å². The highest BCUT2D eigenvalue weighted by Crippen LogP contribution is 2.39. The number of rotatable bonds is 3. The molecule has 0 heterocycles. The Morgan fingerprint density at radius 1 is 0.414 bits per heavy atom. The van der Waals surface area contributed by atoms with Crippen LogP contribution in [0, 0.1) is 0 Å². The maximum Gasteiger partial charge on any atom is 0.0484 e. The van der Waals surface area contributed by atoms with E-state index in [0.717, 1.165) is 16.1 Å². The number of hydrogen-bond acceptors (Lipinski definition) is 0. The lowest BCUT2D eigenvalue weighted by molar-refractivity contribution is 1.60. The zero-order valence-corrected chi connectivity index (χ0v) is 16.6. The van der Waals surface area contributed by atoms with Crippen LogP contribution in [0.1, 0.15) is 0 Å². The SMILES string of the molecule is Clc1ccc(-c2cccc3cccc(-c4ccccc4)c23)cc1-c1ccccc1. The number of fused-ring (bicyclic) bond motifs is 1. The summed E-state index contributed by atoms with van der Waals surface area (Å²) in [6.07, 6.45) is 0. The van der Waals surface area contributed by atoms with Gasteiger partial charge in [-0.3, -0.25) is 0 Å². The fourth-order valence-corrected chi connectivity index (χ4v) is 4.20. The van der Waals surface area contributed by atoms with Gasteiger partial charge in [-0.2, -0.15) is 0 Å². The third-order valence-corrected chi connectivity index (χ3v) is 5.68. The molecule has 0 nitrogen and oxygen atoms in total. The van der Waals surface area contributed by atoms with Gasteiger partial charge in [0.1, 0.15) is 0 Å². The highest BCUT2D eigenvalue weighted by molar-refractivity contribution is 6.33. The number of benzene rings is 5. The second-order valence-corrected chi connectivity index (χ2v) is 7.54. The average molecular weight is 391 g/mol. The zero-order chi connectivity index (χ0) is 19.6. The molecule has 29 heavy (non-hydrogen) atoms. The van der Waals surface area contributed by atoms with Crippen LogP contribution in [-0.4, -0.2) is 0 Å². The van der Waals surface area contributed by atoms with E-state index in [4.69, 9.17) is 11.6 Å². The van der Waals surface area contributed by atoms with Gasteiger partial charge in [-0.05, 0) is 50.7 Å². The summed E-state index contributed by atoms with van der Waals surface area (Å²) >= 11 is 6.56. The minimum absolute atomic E-state index is 0.767. The molecule has 0 aliphatic rings. The molecule has 0 radical (unpaired) electrons. The normalized spacial score (nSPS) is 10.9. The first-order valence-electron chi connectivity index (χ1n) is 9.74. The fraction of sp³-hybridized carbons (Fsp3) is 0. The summed E-state index contributed by atoms with van der Waals surface area (Å²) in [6, 6.07) is 40.2. The van der Waals surface area contributed by atoms with Crippen LogP contribution < -0.4 is 0 Å². The standard InChI is InChI=1S/C28H19Cl/c29-27-18-17-23(19-26(27)21-11-5-2-6-12-21)25-16-8-14-22-13-7-15-24(28(22)25)20-9-3-1-4-10-20/h1-19H. The van der Waals surface area contributed by atoms with Crippen molar-refractivity contribution in [3.8, 4) is 33.4 Å². The van der Waals surface area contributed by atoms with Gasteiger partial charge in [-0.15, -0.1) is 0 Å². The van der Waals surface area contributed by atoms with Gasteiger partial charge >= 0.3 is 0 Å². The third kappa shape index (κ3) is 3.33. The van der Waals surface area contributed by atoms with E-state index in [2.05, 4.69) is 91.0 Å². The van der Waals surface area contributed by atoms with Gasteiger partial charge in [0, 0.05) is 10.6 Å². The lowest BCUT2D eigenvalue weighted by Gasteiger charge is -2.14. The van der Waals surface area contributed by atoms with Crippen molar-refractivity contribution in [3.63, 3.8) is 0 Å². The highest BCUT2D eigenvalue weighted by atomic mass is 35.5. The minimum Gasteiger partial charge on any atom is -0.0837 e. The van der Waals surface area contributed by atoms with Crippen LogP contribution >= 0.6 is 11.6 Å². The molecule has 0 amide bonds. The highest BCUT2D eigenvalue weighted by Gasteiger charge is 2.12. The molecule has 0 aliphatic carbocycles. The van der Waals surface area contributed by atoms with E-state index in [1.54, 1.807) is 0 Å². The van der Waals surface area contributed by atoms with E-state index in [1.807, 2.05) is 24.3 Å². The summed E-state index contributed by atoms with van der Waals surface area (Å²) < 4.78 is 0. The maximum absolute atomic E-state index is 6.56. The van der Waals surface area contributed by atoms with E-state index in [-0.39, 0.29) is 0 Å². The molecule has 0 aliphatic heterocycles. The van der Waals surface area contributed by atoms with E-state index < -0.39 is 0 Å². The van der Waals surface area contributed by atoms with Gasteiger partial charge in [-0.25, -0.2) is 0 Å². The molecule has 0 unspecified atom stereocenters. The van der Waals surface area contributed by atoms with Crippen LogP contribution in [0.25, 0.3) is 44.2 Å². The first-order chi connectivity index (χ1) is 14.3. The predicted octanol–water partition coefficient (Wildman–Crippen LogP) is 8.49. The molecule has 0 atom stereocenters. The molecule has 0 saturated heterocycles. The van der Waals surface area contributed by atoms with Gasteiger partial charge in [0.05, 0.1) is 0 Å². The van der Waals surface area contributed by atoms with Crippen LogP contribution in [0.15, 0.2) is 115 Å². The van der Waals surface area contributed by atoms with Crippen molar-refractivity contribution >= 4 is 22.4 Å². The van der Waals surface area contributed by atoms with Crippen molar-refractivity contribution in [1.82, 2.24) is 0 Å². The molecule has 1 heteroatoms. The number of hydrogen-bond donors (Lipinski definition) is 0. The van der Waals surface area contributed by atoms with Crippen LogP contribution in [0.3, 0.4) is 0 Å². The molecular formula is C28H19Cl. The fourth-order valence-electron chi connectivity index (χ4n) is 3.97. The molecule has 0 bridgehead atoms. The Labute approximate surface area is 176 Å². The summed E-state index contributed by atoms with van der Waals surface area (Å²) in [6.45, 7) is 0. The van der Waals surface area contributed by atoms with E-state index in [0.29, 0.717) is 0 Å². The van der Waals surface area contributed by atoms with Gasteiger partial charge in [-0.1, -0.05) is 115 Å². The quantitative estimate of drug-likeness (QED) is 0.289. The largest absolute Gasteiger partial charge is 0.0837 e. The Kier molecular flexibility index (Phi) is 4.63. The average Bonchev–Trinajstić information content (AvgIpc) is 2.80. The van der Waals surface area contributed by atoms with Crippen LogP contribution in [0.4, 0.5) is 0 Å². The predicted molar refractivity (Wildman–Crippen MR) is 125 cm³/mol. The lowest BCUT2D eigenvalue weighted by atomic mass is 9.90. The maximum atomic E-state index is 6.56. The Hall–Kier alpha value is -3.35. The van der Waals surface area contributed by atoms with Crippen LogP contribution in [0.2, 0.25) is 5.02 Å². The molecule has 0 saturated carbocycles. The minimum atomic E-state index is 0.767. The molecule has 5 aromatic rings. The van der Waals surface area contributed by atoms with Gasteiger partial charge in [0.2, 0.25) is 0 Å². The summed E-state index contributed by atoms with van der Waals surface area (Å²) in [4.78, 5) is 0. The van der Waals surface area contributed by atoms with E-state index in [1.165, 1.54) is 33.0 Å². The Balaban J connectivity index is 1.77. The topological polar surface area (TPSA) is 0 Å². The Morgan fingerprint density at radius 2 is 0.966 bits per heavy atom. The smallest absolute Gasteiger partial charge is 0.0484 e. The van der Waals surface area contributed by atoms with Gasteiger partial charge in [0.15, 0.2) is 0 Å². The second-order valence-electron chi connectivity index (χ2n) is 7.14. The lowest BCUT2D eigenvalue weighted by Crippen LogP contribution is -1.88. The summed E-state index contributed by atoms with van der Waals surface area (Å²) in [5.41, 5.74) is 7.04. The second kappa shape index (κ2) is 7.58. The van der Waals surface area contributed by atoms with Crippen molar-refractivity contribution in [2.45, 2.75) is 0 Å². The number of halogens is 1. The van der Waals surface area contributed by atoms with E-state index >= 15 is 0 Å². The van der Waals surface area contributed by atoms with Crippen molar-refractivity contribution in [2.75, 3.05) is 0 Å². The Morgan fingerprint density at radius 3 is 1.59 bits per heavy atom. The third-order valence-electron chi connectivity index (χ3n) is 5.35. The first-order valence-corrected chi connectivity index (χ1v) is 10.1. The van der Waals surface area contributed by atoms with Crippen LogP contribution in [-0.2, 0) is 0 Å². The van der Waals surface area contributed by atoms with Gasteiger partial charge < -0.3 is 0 Å². The van der Waals surface area contributed by atoms with Gasteiger partial charge in [0.25, 0.3) is 0 Å². The molecule has 0 fully saturated rings. The van der Waals surface area contributed by atoms with Crippen molar-refractivity contribution < 1.29 is 0 Å². The van der Waals surface area contributed by atoms with E-state index in [9.17, 15) is 0 Å². The molecule has 5 rings (SSSR count). The molecule has 0 N–H and O–H groups in total. The molecule has 0 aromatic heterocycles. The van der Waals surface area contributed by atoms with Crippen molar-refractivity contribution in [3.05, 3.63) is 120 Å². The summed E-state index contributed by atoms with van der Waals surface area (Å²) in [5.74, 6) is 0.